The second-order valence-electron chi connectivity index (χ2n) is 7.12. The van der Waals surface area contributed by atoms with Crippen LogP contribution in [0.2, 0.25) is 0 Å². The predicted octanol–water partition coefficient (Wildman–Crippen LogP) is 4.84. The second kappa shape index (κ2) is 6.81. The average molecular weight is 399 g/mol. The standard InChI is InChI=1S/C23H18FN5O/c1-28(19-8-4-3-7-16(19)24)20-9-5-6-15-22(20)27-29(2)23(15)18-12-17-21(26-18)14(13-30)10-11-25-17/h3-13,26H,1-2H3. The van der Waals surface area contributed by atoms with E-state index in [2.05, 4.69) is 9.97 Å². The van der Waals surface area contributed by atoms with Gasteiger partial charge in [-0.3, -0.25) is 14.5 Å². The number of para-hydroxylation sites is 1. The van der Waals surface area contributed by atoms with Crippen LogP contribution in [-0.4, -0.2) is 33.1 Å². The van der Waals surface area contributed by atoms with Crippen molar-refractivity contribution < 1.29 is 9.18 Å². The molecule has 3 aromatic heterocycles. The van der Waals surface area contributed by atoms with Gasteiger partial charge in [-0.25, -0.2) is 4.39 Å². The summed E-state index contributed by atoms with van der Waals surface area (Å²) in [4.78, 5) is 20.8. The number of nitrogens with zero attached hydrogens (tertiary/aromatic N) is 4. The van der Waals surface area contributed by atoms with E-state index in [1.807, 2.05) is 38.4 Å². The van der Waals surface area contributed by atoms with Crippen LogP contribution in [0.1, 0.15) is 10.4 Å². The highest BCUT2D eigenvalue weighted by Crippen LogP contribution is 2.36. The molecule has 0 saturated carbocycles. The lowest BCUT2D eigenvalue weighted by molar-refractivity contribution is 0.112. The molecule has 2 aromatic carbocycles. The summed E-state index contributed by atoms with van der Waals surface area (Å²) in [6.45, 7) is 0. The van der Waals surface area contributed by atoms with Crippen LogP contribution in [-0.2, 0) is 7.05 Å². The van der Waals surface area contributed by atoms with Crippen LogP contribution in [0.5, 0.6) is 0 Å². The van der Waals surface area contributed by atoms with Gasteiger partial charge in [0.25, 0.3) is 0 Å². The van der Waals surface area contributed by atoms with Crippen LogP contribution < -0.4 is 4.90 Å². The molecule has 148 valence electrons. The zero-order valence-electron chi connectivity index (χ0n) is 16.4. The molecule has 30 heavy (non-hydrogen) atoms. The summed E-state index contributed by atoms with van der Waals surface area (Å²) in [7, 11) is 3.69. The maximum atomic E-state index is 14.4. The Hall–Kier alpha value is -4.00. The SMILES string of the molecule is CN(c1ccccc1F)c1cccc2c(-c3cc4nccc(C=O)c4[nH]3)n(C)nc12. The van der Waals surface area contributed by atoms with Gasteiger partial charge in [0.05, 0.1) is 33.8 Å². The van der Waals surface area contributed by atoms with Crippen molar-refractivity contribution in [1.82, 2.24) is 19.7 Å². The minimum Gasteiger partial charge on any atom is -0.351 e. The summed E-state index contributed by atoms with van der Waals surface area (Å²) in [5, 5.41) is 5.64. The van der Waals surface area contributed by atoms with Crippen molar-refractivity contribution in [2.75, 3.05) is 11.9 Å². The number of aromatic amines is 1. The Bertz CT molecular complexity index is 1420. The summed E-state index contributed by atoms with van der Waals surface area (Å²) < 4.78 is 16.1. The fourth-order valence-electron chi connectivity index (χ4n) is 3.92. The first-order valence-corrected chi connectivity index (χ1v) is 9.45. The Morgan fingerprint density at radius 2 is 1.90 bits per heavy atom. The second-order valence-corrected chi connectivity index (χ2v) is 7.12. The van der Waals surface area contributed by atoms with Gasteiger partial charge in [-0.05, 0) is 30.3 Å². The Morgan fingerprint density at radius 1 is 1.10 bits per heavy atom. The first-order chi connectivity index (χ1) is 14.6. The maximum Gasteiger partial charge on any atom is 0.152 e. The number of anilines is 2. The number of H-pyrrole nitrogens is 1. The molecule has 3 heterocycles. The van der Waals surface area contributed by atoms with Crippen LogP contribution in [0.15, 0.2) is 60.8 Å². The molecule has 7 heteroatoms. The smallest absolute Gasteiger partial charge is 0.152 e. The number of aromatic nitrogens is 4. The lowest BCUT2D eigenvalue weighted by Gasteiger charge is -2.20. The van der Waals surface area contributed by atoms with Crippen LogP contribution in [0.3, 0.4) is 0 Å². The molecule has 1 N–H and O–H groups in total. The molecular weight excluding hydrogens is 381 g/mol. The molecule has 0 radical (unpaired) electrons. The summed E-state index contributed by atoms with van der Waals surface area (Å²) in [6, 6.07) is 16.1. The number of aryl methyl sites for hydroxylation is 1. The minimum atomic E-state index is -0.295. The maximum absolute atomic E-state index is 14.4. The number of carbonyl (C=O) groups excluding carboxylic acids is 1. The monoisotopic (exact) mass is 399 g/mol. The molecule has 6 nitrogen and oxygen atoms in total. The zero-order chi connectivity index (χ0) is 20.8. The highest BCUT2D eigenvalue weighted by Gasteiger charge is 2.19. The van der Waals surface area contributed by atoms with Gasteiger partial charge in [-0.2, -0.15) is 5.10 Å². The lowest BCUT2D eigenvalue weighted by Crippen LogP contribution is -2.11. The number of aldehydes is 1. The van der Waals surface area contributed by atoms with Crippen LogP contribution in [0.4, 0.5) is 15.8 Å². The van der Waals surface area contributed by atoms with Gasteiger partial charge in [0.2, 0.25) is 0 Å². The number of nitrogens with one attached hydrogen (secondary N) is 1. The summed E-state index contributed by atoms with van der Waals surface area (Å²) in [6.07, 6.45) is 2.43. The molecule has 0 atom stereocenters. The van der Waals surface area contributed by atoms with Crippen LogP contribution >= 0.6 is 0 Å². The molecule has 5 rings (SSSR count). The van der Waals surface area contributed by atoms with E-state index in [1.54, 1.807) is 40.0 Å². The van der Waals surface area contributed by atoms with E-state index in [0.717, 1.165) is 34.3 Å². The Labute approximate surface area is 171 Å². The summed E-state index contributed by atoms with van der Waals surface area (Å²) in [5.74, 6) is -0.295. The Morgan fingerprint density at radius 3 is 2.70 bits per heavy atom. The minimum absolute atomic E-state index is 0.295. The topological polar surface area (TPSA) is 66.8 Å². The van der Waals surface area contributed by atoms with Crippen molar-refractivity contribution in [2.45, 2.75) is 0 Å². The first-order valence-electron chi connectivity index (χ1n) is 9.45. The molecule has 0 aliphatic carbocycles. The number of fused-ring (bicyclic) bond motifs is 2. The van der Waals surface area contributed by atoms with E-state index in [9.17, 15) is 9.18 Å². The predicted molar refractivity (Wildman–Crippen MR) is 116 cm³/mol. The third kappa shape index (κ3) is 2.67. The highest BCUT2D eigenvalue weighted by molar-refractivity contribution is 6.03. The molecule has 0 aliphatic heterocycles. The van der Waals surface area contributed by atoms with E-state index >= 15 is 0 Å². The molecule has 0 unspecified atom stereocenters. The van der Waals surface area contributed by atoms with Crippen molar-refractivity contribution in [3.8, 4) is 11.4 Å². The zero-order valence-corrected chi connectivity index (χ0v) is 16.4. The fourth-order valence-corrected chi connectivity index (χ4v) is 3.92. The molecule has 0 spiro atoms. The fraction of sp³-hybridized carbons (Fsp3) is 0.0870. The third-order valence-corrected chi connectivity index (χ3v) is 5.35. The molecule has 0 fully saturated rings. The van der Waals surface area contributed by atoms with E-state index in [1.165, 1.54) is 6.07 Å². The van der Waals surface area contributed by atoms with Crippen molar-refractivity contribution in [2.24, 2.45) is 7.05 Å². The van der Waals surface area contributed by atoms with Gasteiger partial charge in [-0.1, -0.05) is 24.3 Å². The van der Waals surface area contributed by atoms with Crippen LogP contribution in [0, 0.1) is 5.82 Å². The van der Waals surface area contributed by atoms with E-state index in [4.69, 9.17) is 5.10 Å². The Kier molecular flexibility index (Phi) is 4.10. The number of halogens is 1. The van der Waals surface area contributed by atoms with Gasteiger partial charge < -0.3 is 9.88 Å². The molecule has 0 amide bonds. The van der Waals surface area contributed by atoms with E-state index in [-0.39, 0.29) is 5.82 Å². The van der Waals surface area contributed by atoms with E-state index < -0.39 is 0 Å². The van der Waals surface area contributed by atoms with E-state index in [0.29, 0.717) is 22.3 Å². The largest absolute Gasteiger partial charge is 0.351 e. The molecule has 0 aliphatic rings. The molecule has 0 bridgehead atoms. The highest BCUT2D eigenvalue weighted by atomic mass is 19.1. The number of hydrogen-bond acceptors (Lipinski definition) is 4. The molecule has 5 aromatic rings. The molecule has 0 saturated heterocycles. The number of pyridine rings is 1. The normalized spacial score (nSPS) is 11.3. The average Bonchev–Trinajstić information content (AvgIpc) is 3.32. The Balaban J connectivity index is 1.71. The van der Waals surface area contributed by atoms with Gasteiger partial charge in [0.1, 0.15) is 11.3 Å². The van der Waals surface area contributed by atoms with Gasteiger partial charge >= 0.3 is 0 Å². The quantitative estimate of drug-likeness (QED) is 0.439. The summed E-state index contributed by atoms with van der Waals surface area (Å²) in [5.41, 5.74) is 5.65. The number of benzene rings is 2. The first kappa shape index (κ1) is 18.1. The van der Waals surface area contributed by atoms with Crippen molar-refractivity contribution in [1.29, 1.82) is 0 Å². The number of rotatable bonds is 4. The van der Waals surface area contributed by atoms with Crippen molar-refractivity contribution >= 4 is 39.6 Å². The van der Waals surface area contributed by atoms with Crippen molar-refractivity contribution in [3.63, 3.8) is 0 Å². The van der Waals surface area contributed by atoms with Crippen molar-refractivity contribution in [3.05, 3.63) is 72.2 Å². The van der Waals surface area contributed by atoms with Crippen LogP contribution in [0.25, 0.3) is 33.3 Å². The van der Waals surface area contributed by atoms with Gasteiger partial charge in [0, 0.05) is 31.2 Å². The van der Waals surface area contributed by atoms with Gasteiger partial charge in [0.15, 0.2) is 6.29 Å². The third-order valence-electron chi connectivity index (χ3n) is 5.35. The number of hydrogen-bond donors (Lipinski definition) is 1. The lowest BCUT2D eigenvalue weighted by atomic mass is 10.1. The summed E-state index contributed by atoms with van der Waals surface area (Å²) >= 11 is 0. The number of carbonyl (C=O) groups is 1. The van der Waals surface area contributed by atoms with Gasteiger partial charge in [-0.15, -0.1) is 0 Å². The molecular formula is C23H18FN5O.